The number of fused-ring (bicyclic) bond motifs is 1. The minimum absolute atomic E-state index is 0.253. The van der Waals surface area contributed by atoms with Crippen LogP contribution >= 0.6 is 15.9 Å². The van der Waals surface area contributed by atoms with Gasteiger partial charge in [0.05, 0.1) is 5.69 Å². The lowest BCUT2D eigenvalue weighted by atomic mass is 10.2. The van der Waals surface area contributed by atoms with E-state index in [9.17, 15) is 4.39 Å². The summed E-state index contributed by atoms with van der Waals surface area (Å²) in [5.41, 5.74) is 1.49. The summed E-state index contributed by atoms with van der Waals surface area (Å²) >= 11 is 3.39. The molecule has 0 fully saturated rings. The number of rotatable bonds is 2. The Balaban J connectivity index is 2.79. The van der Waals surface area contributed by atoms with E-state index in [-0.39, 0.29) is 5.82 Å². The maximum absolute atomic E-state index is 13.4. The lowest BCUT2D eigenvalue weighted by Gasteiger charge is -1.99. The van der Waals surface area contributed by atoms with Gasteiger partial charge in [-0.3, -0.25) is 4.68 Å². The van der Waals surface area contributed by atoms with Gasteiger partial charge in [0, 0.05) is 17.3 Å². The molecule has 74 valence electrons. The summed E-state index contributed by atoms with van der Waals surface area (Å²) in [6.45, 7) is 2.75. The molecule has 2 rings (SSSR count). The van der Waals surface area contributed by atoms with Gasteiger partial charge in [0.2, 0.25) is 0 Å². The van der Waals surface area contributed by atoms with E-state index < -0.39 is 0 Å². The Morgan fingerprint density at radius 2 is 2.29 bits per heavy atom. The number of aryl methyl sites for hydroxylation is 1. The minimum atomic E-state index is -0.253. The number of aromatic nitrogens is 2. The molecule has 0 aliphatic carbocycles. The van der Waals surface area contributed by atoms with Gasteiger partial charge in [-0.2, -0.15) is 5.10 Å². The van der Waals surface area contributed by atoms with E-state index in [2.05, 4.69) is 21.0 Å². The standard InChI is InChI=1S/C10H10BrFN2/c1-2-14-9(6-11)7-4-3-5-8(12)10(7)13-14/h3-5H,2,6H2,1H3. The number of nitrogens with zero attached hydrogens (tertiary/aromatic N) is 2. The van der Waals surface area contributed by atoms with Crippen LogP contribution < -0.4 is 0 Å². The molecule has 0 unspecified atom stereocenters. The van der Waals surface area contributed by atoms with Gasteiger partial charge in [-0.05, 0) is 13.0 Å². The fourth-order valence-electron chi connectivity index (χ4n) is 1.57. The number of hydrogen-bond acceptors (Lipinski definition) is 1. The number of benzene rings is 1. The molecule has 2 aromatic rings. The van der Waals surface area contributed by atoms with Crippen LogP contribution in [0, 0.1) is 5.82 Å². The molecule has 0 aliphatic heterocycles. The van der Waals surface area contributed by atoms with Gasteiger partial charge in [0.1, 0.15) is 5.52 Å². The molecule has 0 saturated carbocycles. The lowest BCUT2D eigenvalue weighted by Crippen LogP contribution is -2.00. The second kappa shape index (κ2) is 3.69. The Hall–Kier alpha value is -0.900. The smallest absolute Gasteiger partial charge is 0.151 e. The van der Waals surface area contributed by atoms with Crippen molar-refractivity contribution < 1.29 is 4.39 Å². The van der Waals surface area contributed by atoms with Crippen LogP contribution in [0.2, 0.25) is 0 Å². The van der Waals surface area contributed by atoms with Crippen molar-refractivity contribution in [1.29, 1.82) is 0 Å². The highest BCUT2D eigenvalue weighted by Crippen LogP contribution is 2.22. The molecule has 1 aromatic carbocycles. The highest BCUT2D eigenvalue weighted by molar-refractivity contribution is 9.08. The van der Waals surface area contributed by atoms with Crippen LogP contribution in [0.15, 0.2) is 18.2 Å². The van der Waals surface area contributed by atoms with E-state index in [1.54, 1.807) is 6.07 Å². The molecule has 0 amide bonds. The molecule has 0 aliphatic rings. The van der Waals surface area contributed by atoms with Crippen molar-refractivity contribution in [3.05, 3.63) is 29.7 Å². The van der Waals surface area contributed by atoms with E-state index in [1.807, 2.05) is 17.7 Å². The van der Waals surface area contributed by atoms with Crippen LogP contribution in [-0.2, 0) is 11.9 Å². The summed E-state index contributed by atoms with van der Waals surface area (Å²) in [7, 11) is 0. The van der Waals surface area contributed by atoms with Gasteiger partial charge in [0.15, 0.2) is 5.82 Å². The predicted octanol–water partition coefficient (Wildman–Crippen LogP) is 3.09. The maximum atomic E-state index is 13.4. The summed E-state index contributed by atoms with van der Waals surface area (Å²) in [5.74, 6) is -0.253. The molecule has 0 radical (unpaired) electrons. The van der Waals surface area contributed by atoms with E-state index in [0.29, 0.717) is 10.8 Å². The summed E-state index contributed by atoms with van der Waals surface area (Å²) in [6, 6.07) is 5.05. The average molecular weight is 257 g/mol. The van der Waals surface area contributed by atoms with E-state index in [1.165, 1.54) is 6.07 Å². The third kappa shape index (κ3) is 1.34. The topological polar surface area (TPSA) is 17.8 Å². The Kier molecular flexibility index (Phi) is 2.54. The highest BCUT2D eigenvalue weighted by Gasteiger charge is 2.11. The van der Waals surface area contributed by atoms with Crippen molar-refractivity contribution in [2.75, 3.05) is 0 Å². The van der Waals surface area contributed by atoms with Crippen molar-refractivity contribution >= 4 is 26.8 Å². The zero-order chi connectivity index (χ0) is 10.1. The van der Waals surface area contributed by atoms with E-state index >= 15 is 0 Å². The summed E-state index contributed by atoms with van der Waals surface area (Å²) in [6.07, 6.45) is 0. The molecule has 0 N–H and O–H groups in total. The van der Waals surface area contributed by atoms with Crippen molar-refractivity contribution in [2.45, 2.75) is 18.8 Å². The molecule has 0 atom stereocenters. The normalized spacial score (nSPS) is 11.1. The molecule has 1 heterocycles. The van der Waals surface area contributed by atoms with Gasteiger partial charge in [-0.15, -0.1) is 0 Å². The van der Waals surface area contributed by atoms with Crippen LogP contribution in [0.5, 0.6) is 0 Å². The fourth-order valence-corrected chi connectivity index (χ4v) is 2.16. The van der Waals surface area contributed by atoms with Crippen molar-refractivity contribution in [3.8, 4) is 0 Å². The second-order valence-corrected chi connectivity index (χ2v) is 3.59. The Labute approximate surface area is 89.8 Å². The molecule has 1 aromatic heterocycles. The van der Waals surface area contributed by atoms with Gasteiger partial charge < -0.3 is 0 Å². The van der Waals surface area contributed by atoms with Gasteiger partial charge in [-0.1, -0.05) is 28.1 Å². The van der Waals surface area contributed by atoms with Crippen LogP contribution in [0.4, 0.5) is 4.39 Å². The monoisotopic (exact) mass is 256 g/mol. The van der Waals surface area contributed by atoms with Crippen LogP contribution in [0.25, 0.3) is 10.9 Å². The molecule has 2 nitrogen and oxygen atoms in total. The van der Waals surface area contributed by atoms with Gasteiger partial charge in [0.25, 0.3) is 0 Å². The molecule has 0 bridgehead atoms. The van der Waals surface area contributed by atoms with Crippen LogP contribution in [-0.4, -0.2) is 9.78 Å². The molecule has 4 heteroatoms. The largest absolute Gasteiger partial charge is 0.268 e. The lowest BCUT2D eigenvalue weighted by molar-refractivity contribution is 0.617. The van der Waals surface area contributed by atoms with E-state index in [4.69, 9.17) is 0 Å². The second-order valence-electron chi connectivity index (χ2n) is 3.03. The summed E-state index contributed by atoms with van der Waals surface area (Å²) in [5, 5.41) is 5.80. The number of hydrogen-bond donors (Lipinski definition) is 0. The highest BCUT2D eigenvalue weighted by atomic mass is 79.9. The van der Waals surface area contributed by atoms with Gasteiger partial charge in [-0.25, -0.2) is 4.39 Å². The van der Waals surface area contributed by atoms with Gasteiger partial charge >= 0.3 is 0 Å². The Bertz CT molecular complexity index is 464. The number of halogens is 2. The first-order chi connectivity index (χ1) is 6.77. The first kappa shape index (κ1) is 9.65. The van der Waals surface area contributed by atoms with E-state index in [0.717, 1.165) is 17.6 Å². The zero-order valence-electron chi connectivity index (χ0n) is 7.80. The van der Waals surface area contributed by atoms with Crippen LogP contribution in [0.1, 0.15) is 12.6 Å². The SMILES string of the molecule is CCn1nc2c(F)cccc2c1CBr. The fraction of sp³-hybridized carbons (Fsp3) is 0.300. The summed E-state index contributed by atoms with van der Waals surface area (Å²) < 4.78 is 15.2. The molecular formula is C10H10BrFN2. The first-order valence-electron chi connectivity index (χ1n) is 4.47. The van der Waals surface area contributed by atoms with Crippen LogP contribution in [0.3, 0.4) is 0 Å². The Morgan fingerprint density at radius 3 is 2.93 bits per heavy atom. The third-order valence-corrected chi connectivity index (χ3v) is 2.79. The predicted molar refractivity (Wildman–Crippen MR) is 58.0 cm³/mol. The minimum Gasteiger partial charge on any atom is -0.268 e. The first-order valence-corrected chi connectivity index (χ1v) is 5.60. The quantitative estimate of drug-likeness (QED) is 0.756. The molecule has 14 heavy (non-hydrogen) atoms. The zero-order valence-corrected chi connectivity index (χ0v) is 9.38. The van der Waals surface area contributed by atoms with Crippen molar-refractivity contribution in [2.24, 2.45) is 0 Å². The molecular weight excluding hydrogens is 247 g/mol. The third-order valence-electron chi connectivity index (χ3n) is 2.26. The maximum Gasteiger partial charge on any atom is 0.151 e. The Morgan fingerprint density at radius 1 is 1.50 bits per heavy atom. The average Bonchev–Trinajstić information content (AvgIpc) is 2.57. The summed E-state index contributed by atoms with van der Waals surface area (Å²) in [4.78, 5) is 0. The number of alkyl halides is 1. The molecule has 0 saturated heterocycles. The van der Waals surface area contributed by atoms with Crippen molar-refractivity contribution in [3.63, 3.8) is 0 Å². The molecule has 0 spiro atoms. The van der Waals surface area contributed by atoms with Crippen molar-refractivity contribution in [1.82, 2.24) is 9.78 Å².